The molecule has 0 fully saturated rings. The van der Waals surface area contributed by atoms with Crippen molar-refractivity contribution in [1.82, 2.24) is 4.98 Å². The first-order chi connectivity index (χ1) is 14.4. The maximum absolute atomic E-state index is 13.0. The van der Waals surface area contributed by atoms with Crippen molar-refractivity contribution in [3.05, 3.63) is 88.1 Å². The Balaban J connectivity index is 1.88. The van der Waals surface area contributed by atoms with Crippen molar-refractivity contribution in [3.8, 4) is 5.75 Å². The lowest BCUT2D eigenvalue weighted by Gasteiger charge is -2.08. The molecule has 0 unspecified atom stereocenters. The summed E-state index contributed by atoms with van der Waals surface area (Å²) in [5.41, 5.74) is 3.06. The number of anilines is 1. The number of nitrogens with one attached hydrogen (secondary N) is 1. The number of phenols is 1. The Morgan fingerprint density at radius 1 is 1.13 bits per heavy atom. The quantitative estimate of drug-likeness (QED) is 0.472. The number of benzene rings is 2. The summed E-state index contributed by atoms with van der Waals surface area (Å²) < 4.78 is 5.90. The van der Waals surface area contributed by atoms with E-state index in [1.165, 1.54) is 12.1 Å². The van der Waals surface area contributed by atoms with Gasteiger partial charge < -0.3 is 14.8 Å². The molecule has 6 nitrogen and oxygen atoms in total. The molecule has 0 spiro atoms. The molecular formula is C23H18ClN3O3. The third-order valence-corrected chi connectivity index (χ3v) is 5.00. The monoisotopic (exact) mass is 419 g/mol. The summed E-state index contributed by atoms with van der Waals surface area (Å²) in [7, 11) is 0. The number of carbonyl (C=O) groups is 1. The van der Waals surface area contributed by atoms with Crippen LogP contribution in [0.15, 0.2) is 70.2 Å². The first-order valence-corrected chi connectivity index (χ1v) is 9.59. The van der Waals surface area contributed by atoms with Crippen LogP contribution in [0, 0.1) is 13.8 Å². The van der Waals surface area contributed by atoms with Crippen molar-refractivity contribution in [2.75, 3.05) is 5.32 Å². The zero-order valence-corrected chi connectivity index (χ0v) is 17.1. The van der Waals surface area contributed by atoms with Crippen LogP contribution in [0.2, 0.25) is 5.02 Å². The summed E-state index contributed by atoms with van der Waals surface area (Å²) in [6.45, 7) is 3.75. The van der Waals surface area contributed by atoms with Crippen LogP contribution in [-0.4, -0.2) is 16.0 Å². The summed E-state index contributed by atoms with van der Waals surface area (Å²) in [6, 6.07) is 15.2. The third-order valence-electron chi connectivity index (χ3n) is 4.59. The normalized spacial score (nSPS) is 11.6. The highest BCUT2D eigenvalue weighted by atomic mass is 35.5. The van der Waals surface area contributed by atoms with E-state index in [9.17, 15) is 9.90 Å². The molecular weight excluding hydrogens is 402 g/mol. The van der Waals surface area contributed by atoms with Crippen molar-refractivity contribution in [3.63, 3.8) is 0 Å². The molecule has 4 aromatic rings. The minimum Gasteiger partial charge on any atom is -0.508 e. The highest BCUT2D eigenvalue weighted by Gasteiger charge is 2.14. The van der Waals surface area contributed by atoms with Crippen molar-refractivity contribution in [2.45, 2.75) is 13.8 Å². The average molecular weight is 420 g/mol. The van der Waals surface area contributed by atoms with E-state index in [0.717, 1.165) is 11.1 Å². The number of rotatable bonds is 3. The Hall–Kier alpha value is -3.64. The lowest BCUT2D eigenvalue weighted by molar-refractivity contribution is 0.102. The van der Waals surface area contributed by atoms with Crippen molar-refractivity contribution in [1.29, 1.82) is 0 Å². The van der Waals surface area contributed by atoms with E-state index < -0.39 is 5.91 Å². The van der Waals surface area contributed by atoms with E-state index in [0.29, 0.717) is 27.5 Å². The molecule has 0 bridgehead atoms. The highest BCUT2D eigenvalue weighted by Crippen LogP contribution is 2.26. The number of fused-ring (bicyclic) bond motifs is 1. The van der Waals surface area contributed by atoms with Crippen LogP contribution in [0.1, 0.15) is 21.5 Å². The lowest BCUT2D eigenvalue weighted by atomic mass is 10.1. The molecule has 2 aromatic carbocycles. The van der Waals surface area contributed by atoms with E-state index in [1.54, 1.807) is 42.6 Å². The Bertz CT molecular complexity index is 1330. The number of halogens is 1. The van der Waals surface area contributed by atoms with Gasteiger partial charge in [0.25, 0.3) is 5.91 Å². The second-order valence-corrected chi connectivity index (χ2v) is 7.27. The van der Waals surface area contributed by atoms with Crippen molar-refractivity contribution < 1.29 is 14.3 Å². The van der Waals surface area contributed by atoms with Crippen LogP contribution in [-0.2, 0) is 0 Å². The number of carbonyl (C=O) groups excluding carboxylic acids is 1. The van der Waals surface area contributed by atoms with Gasteiger partial charge in [0.05, 0.1) is 5.69 Å². The molecule has 0 saturated carbocycles. The zero-order chi connectivity index (χ0) is 21.3. The second kappa shape index (κ2) is 8.00. The minimum atomic E-state index is -0.413. The van der Waals surface area contributed by atoms with Gasteiger partial charge in [-0.1, -0.05) is 23.7 Å². The van der Waals surface area contributed by atoms with Crippen molar-refractivity contribution in [2.24, 2.45) is 4.99 Å². The largest absolute Gasteiger partial charge is 0.508 e. The van der Waals surface area contributed by atoms with E-state index in [-0.39, 0.29) is 16.9 Å². The van der Waals surface area contributed by atoms with Gasteiger partial charge in [0.15, 0.2) is 0 Å². The number of aromatic nitrogens is 1. The van der Waals surface area contributed by atoms with Crippen molar-refractivity contribution >= 4 is 40.0 Å². The van der Waals surface area contributed by atoms with E-state index >= 15 is 0 Å². The Labute approximate surface area is 177 Å². The van der Waals surface area contributed by atoms with Gasteiger partial charge in [-0.05, 0) is 61.4 Å². The lowest BCUT2D eigenvalue weighted by Crippen LogP contribution is -2.22. The fraction of sp³-hybridized carbons (Fsp3) is 0.0870. The molecule has 30 heavy (non-hydrogen) atoms. The zero-order valence-electron chi connectivity index (χ0n) is 16.3. The number of amides is 1. The summed E-state index contributed by atoms with van der Waals surface area (Å²) in [5.74, 6) is 0.0574. The van der Waals surface area contributed by atoms with Gasteiger partial charge in [0, 0.05) is 22.7 Å². The molecule has 0 aliphatic carbocycles. The fourth-order valence-electron chi connectivity index (χ4n) is 2.90. The van der Waals surface area contributed by atoms with Gasteiger partial charge >= 0.3 is 0 Å². The van der Waals surface area contributed by atoms with Gasteiger partial charge in [-0.3, -0.25) is 4.79 Å². The fourth-order valence-corrected chi connectivity index (χ4v) is 3.07. The predicted molar refractivity (Wildman–Crippen MR) is 116 cm³/mol. The van der Waals surface area contributed by atoms with Crippen LogP contribution < -0.4 is 10.9 Å². The molecule has 1 amide bonds. The number of aromatic hydroxyl groups is 1. The van der Waals surface area contributed by atoms with Gasteiger partial charge in [-0.2, -0.15) is 0 Å². The smallest absolute Gasteiger partial charge is 0.262 e. The first kappa shape index (κ1) is 19.7. The number of nitrogens with zero attached hydrogens (tertiary/aromatic N) is 2. The summed E-state index contributed by atoms with van der Waals surface area (Å²) in [4.78, 5) is 21.8. The predicted octanol–water partition coefficient (Wildman–Crippen LogP) is 5.29. The maximum atomic E-state index is 13.0. The minimum absolute atomic E-state index is 0.0530. The Kier molecular flexibility index (Phi) is 5.25. The topological polar surface area (TPSA) is 87.7 Å². The molecule has 7 heteroatoms. The molecule has 4 rings (SSSR count). The highest BCUT2D eigenvalue weighted by molar-refractivity contribution is 6.31. The molecule has 0 atom stereocenters. The number of phenolic OH excluding ortho intramolecular Hbond substituents is 1. The maximum Gasteiger partial charge on any atom is 0.262 e. The van der Waals surface area contributed by atoms with Crippen LogP contribution >= 0.6 is 11.6 Å². The molecule has 0 aliphatic rings. The van der Waals surface area contributed by atoms with Crippen LogP contribution in [0.4, 0.5) is 11.5 Å². The number of hydrogen-bond donors (Lipinski definition) is 2. The van der Waals surface area contributed by atoms with Gasteiger partial charge in [-0.15, -0.1) is 0 Å². The van der Waals surface area contributed by atoms with Gasteiger partial charge in [-0.25, -0.2) is 9.98 Å². The first-order valence-electron chi connectivity index (χ1n) is 9.21. The average Bonchev–Trinajstić information content (AvgIpc) is 2.72. The molecule has 2 aromatic heterocycles. The Morgan fingerprint density at radius 2 is 1.97 bits per heavy atom. The number of aryl methyl sites for hydroxylation is 1. The van der Waals surface area contributed by atoms with Crippen LogP contribution in [0.5, 0.6) is 5.75 Å². The van der Waals surface area contributed by atoms with E-state index in [4.69, 9.17) is 16.0 Å². The second-order valence-electron chi connectivity index (χ2n) is 6.86. The molecule has 0 saturated heterocycles. The van der Waals surface area contributed by atoms with Crippen LogP contribution in [0.25, 0.3) is 11.0 Å². The molecule has 2 N–H and O–H groups in total. The van der Waals surface area contributed by atoms with E-state index in [2.05, 4.69) is 15.3 Å². The molecule has 2 heterocycles. The molecule has 0 radical (unpaired) electrons. The van der Waals surface area contributed by atoms with Gasteiger partial charge in [0.1, 0.15) is 22.7 Å². The Morgan fingerprint density at radius 3 is 2.73 bits per heavy atom. The number of pyridine rings is 1. The van der Waals surface area contributed by atoms with Crippen LogP contribution in [0.3, 0.4) is 0 Å². The SMILES string of the molecule is Cc1ccc(NC(=O)c2cc3ccc(O)cc3oc2=Nc2cccc(Cl)c2C)nc1. The summed E-state index contributed by atoms with van der Waals surface area (Å²) >= 11 is 6.21. The third kappa shape index (κ3) is 4.04. The van der Waals surface area contributed by atoms with E-state index in [1.807, 2.05) is 19.9 Å². The summed E-state index contributed by atoms with van der Waals surface area (Å²) in [6.07, 6.45) is 1.67. The number of hydrogen-bond acceptors (Lipinski definition) is 5. The standard InChI is InChI=1S/C23H18ClN3O3/c1-13-6-9-21(25-12-13)27-22(29)17-10-15-7-8-16(28)11-20(15)30-23(17)26-19-5-3-4-18(24)14(19)2/h3-12,28H,1-2H3,(H,25,27,29). The molecule has 0 aliphatic heterocycles. The molecule has 150 valence electrons. The van der Waals surface area contributed by atoms with Gasteiger partial charge in [0.2, 0.25) is 5.55 Å². The summed E-state index contributed by atoms with van der Waals surface area (Å²) in [5, 5.41) is 13.8.